The molecule has 1 heterocycles. The number of hydrogen-bond acceptors (Lipinski definition) is 3. The molecule has 1 aromatic heterocycles. The summed E-state index contributed by atoms with van der Waals surface area (Å²) in [6, 6.07) is 5.90. The van der Waals surface area contributed by atoms with Crippen molar-refractivity contribution in [2.24, 2.45) is 0 Å². The average molecular weight is 238 g/mol. The topological polar surface area (TPSA) is 42.0 Å². The first-order valence-electron chi connectivity index (χ1n) is 5.63. The highest BCUT2D eigenvalue weighted by atomic mass is 32.2. The van der Waals surface area contributed by atoms with Crippen LogP contribution in [0.5, 0.6) is 0 Å². The van der Waals surface area contributed by atoms with E-state index in [9.17, 15) is 4.79 Å². The van der Waals surface area contributed by atoms with Crippen LogP contribution in [-0.2, 0) is 4.79 Å². The number of rotatable bonds is 7. The first kappa shape index (κ1) is 13.0. The van der Waals surface area contributed by atoms with Gasteiger partial charge in [0.1, 0.15) is 0 Å². The summed E-state index contributed by atoms with van der Waals surface area (Å²) < 4.78 is 0. The minimum absolute atomic E-state index is 0.158. The highest BCUT2D eigenvalue weighted by Gasteiger charge is 1.98. The van der Waals surface area contributed by atoms with Crippen LogP contribution >= 0.6 is 11.8 Å². The van der Waals surface area contributed by atoms with Gasteiger partial charge in [-0.25, -0.2) is 4.98 Å². The van der Waals surface area contributed by atoms with Crippen LogP contribution in [0.4, 0.5) is 0 Å². The Labute approximate surface area is 101 Å². The van der Waals surface area contributed by atoms with E-state index in [1.54, 1.807) is 18.0 Å². The smallest absolute Gasteiger partial charge is 0.219 e. The predicted molar refractivity (Wildman–Crippen MR) is 67.5 cm³/mol. The van der Waals surface area contributed by atoms with Gasteiger partial charge < -0.3 is 5.32 Å². The second kappa shape index (κ2) is 8.16. The maximum Gasteiger partial charge on any atom is 0.219 e. The summed E-state index contributed by atoms with van der Waals surface area (Å²) in [4.78, 5) is 15.4. The number of carbonyl (C=O) groups is 1. The van der Waals surface area contributed by atoms with E-state index in [-0.39, 0.29) is 5.91 Å². The number of thioether (sulfide) groups is 1. The molecule has 0 aliphatic heterocycles. The molecular formula is C12H18N2OS. The number of aromatic nitrogens is 1. The fourth-order valence-corrected chi connectivity index (χ4v) is 2.03. The van der Waals surface area contributed by atoms with Crippen LogP contribution in [0.25, 0.3) is 0 Å². The number of carbonyl (C=O) groups excluding carboxylic acids is 1. The lowest BCUT2D eigenvalue weighted by molar-refractivity contribution is -0.121. The second-order valence-corrected chi connectivity index (χ2v) is 4.59. The molecule has 4 heteroatoms. The Morgan fingerprint density at radius 1 is 1.50 bits per heavy atom. The Morgan fingerprint density at radius 2 is 2.38 bits per heavy atom. The van der Waals surface area contributed by atoms with Crippen molar-refractivity contribution in [3.8, 4) is 0 Å². The summed E-state index contributed by atoms with van der Waals surface area (Å²) in [5.41, 5.74) is 0. The van der Waals surface area contributed by atoms with Gasteiger partial charge in [0.15, 0.2) is 0 Å². The van der Waals surface area contributed by atoms with Crippen molar-refractivity contribution in [3.05, 3.63) is 24.4 Å². The van der Waals surface area contributed by atoms with E-state index in [2.05, 4.69) is 10.3 Å². The molecule has 0 atom stereocenters. The van der Waals surface area contributed by atoms with Crippen molar-refractivity contribution in [2.45, 2.75) is 31.2 Å². The Kier molecular flexibility index (Phi) is 6.65. The molecule has 88 valence electrons. The third-order valence-corrected chi connectivity index (χ3v) is 3.04. The summed E-state index contributed by atoms with van der Waals surface area (Å²) in [6.07, 6.45) is 4.32. The molecule has 0 bridgehead atoms. The van der Waals surface area contributed by atoms with Gasteiger partial charge in [0.25, 0.3) is 0 Å². The van der Waals surface area contributed by atoms with Gasteiger partial charge in [-0.2, -0.15) is 0 Å². The standard InChI is InChI=1S/C12H18N2OS/c1-2-6-11(15)13-9-5-10-16-12-7-3-4-8-14-12/h3-4,7-8H,2,5-6,9-10H2,1H3,(H,13,15). The average Bonchev–Trinajstić information content (AvgIpc) is 2.30. The summed E-state index contributed by atoms with van der Waals surface area (Å²) in [5, 5.41) is 3.94. The van der Waals surface area contributed by atoms with Gasteiger partial charge in [-0.05, 0) is 25.0 Å². The van der Waals surface area contributed by atoms with E-state index in [1.165, 1.54) is 0 Å². The van der Waals surface area contributed by atoms with Gasteiger partial charge in [-0.3, -0.25) is 4.79 Å². The van der Waals surface area contributed by atoms with E-state index < -0.39 is 0 Å². The Balaban J connectivity index is 2.02. The minimum atomic E-state index is 0.158. The Hall–Kier alpha value is -1.03. The molecule has 0 fully saturated rings. The monoisotopic (exact) mass is 238 g/mol. The molecule has 0 spiro atoms. The lowest BCUT2D eigenvalue weighted by Crippen LogP contribution is -2.24. The number of nitrogens with one attached hydrogen (secondary N) is 1. The van der Waals surface area contributed by atoms with Gasteiger partial charge in [0.05, 0.1) is 5.03 Å². The molecule has 0 radical (unpaired) electrons. The van der Waals surface area contributed by atoms with Crippen LogP contribution in [-0.4, -0.2) is 23.2 Å². The SMILES string of the molecule is CCCC(=O)NCCCSc1ccccn1. The summed E-state index contributed by atoms with van der Waals surface area (Å²) in [7, 11) is 0. The van der Waals surface area contributed by atoms with Crippen LogP contribution in [0.15, 0.2) is 29.4 Å². The maximum absolute atomic E-state index is 11.1. The molecule has 0 aliphatic carbocycles. The van der Waals surface area contributed by atoms with E-state index >= 15 is 0 Å². The van der Waals surface area contributed by atoms with Crippen LogP contribution in [0.1, 0.15) is 26.2 Å². The molecule has 16 heavy (non-hydrogen) atoms. The Bertz CT molecular complexity index is 303. The van der Waals surface area contributed by atoms with Crippen LogP contribution in [0, 0.1) is 0 Å². The summed E-state index contributed by atoms with van der Waals surface area (Å²) >= 11 is 1.72. The van der Waals surface area contributed by atoms with Gasteiger partial charge in [-0.15, -0.1) is 11.8 Å². The number of hydrogen-bond donors (Lipinski definition) is 1. The van der Waals surface area contributed by atoms with Crippen molar-refractivity contribution in [2.75, 3.05) is 12.3 Å². The predicted octanol–water partition coefficient (Wildman–Crippen LogP) is 2.48. The molecule has 1 N–H and O–H groups in total. The highest BCUT2D eigenvalue weighted by molar-refractivity contribution is 7.99. The number of pyridine rings is 1. The van der Waals surface area contributed by atoms with Crippen LogP contribution in [0.3, 0.4) is 0 Å². The minimum Gasteiger partial charge on any atom is -0.356 e. The molecule has 0 unspecified atom stereocenters. The van der Waals surface area contributed by atoms with Crippen LogP contribution in [0.2, 0.25) is 0 Å². The van der Waals surface area contributed by atoms with Gasteiger partial charge in [0, 0.05) is 24.9 Å². The zero-order valence-corrected chi connectivity index (χ0v) is 10.4. The maximum atomic E-state index is 11.1. The van der Waals surface area contributed by atoms with Crippen molar-refractivity contribution < 1.29 is 4.79 Å². The quantitative estimate of drug-likeness (QED) is 0.586. The van der Waals surface area contributed by atoms with E-state index in [0.29, 0.717) is 6.42 Å². The van der Waals surface area contributed by atoms with Crippen LogP contribution < -0.4 is 5.32 Å². The van der Waals surface area contributed by atoms with E-state index in [0.717, 1.165) is 30.2 Å². The molecule has 1 aromatic rings. The number of amides is 1. The molecule has 0 aromatic carbocycles. The molecule has 1 amide bonds. The molecule has 0 saturated heterocycles. The Morgan fingerprint density at radius 3 is 3.06 bits per heavy atom. The number of nitrogens with zero attached hydrogens (tertiary/aromatic N) is 1. The summed E-state index contributed by atoms with van der Waals surface area (Å²) in [5.74, 6) is 1.15. The third kappa shape index (κ3) is 5.75. The first-order chi connectivity index (χ1) is 7.83. The van der Waals surface area contributed by atoms with Gasteiger partial charge in [-0.1, -0.05) is 13.0 Å². The second-order valence-electron chi connectivity index (χ2n) is 3.47. The zero-order valence-electron chi connectivity index (χ0n) is 9.61. The molecular weight excluding hydrogens is 220 g/mol. The van der Waals surface area contributed by atoms with Gasteiger partial charge >= 0.3 is 0 Å². The highest BCUT2D eigenvalue weighted by Crippen LogP contribution is 2.14. The molecule has 1 rings (SSSR count). The van der Waals surface area contributed by atoms with Crippen molar-refractivity contribution in [1.82, 2.24) is 10.3 Å². The van der Waals surface area contributed by atoms with Crippen molar-refractivity contribution in [1.29, 1.82) is 0 Å². The largest absolute Gasteiger partial charge is 0.356 e. The first-order valence-corrected chi connectivity index (χ1v) is 6.62. The molecule has 3 nitrogen and oxygen atoms in total. The van der Waals surface area contributed by atoms with E-state index in [1.807, 2.05) is 25.1 Å². The lowest BCUT2D eigenvalue weighted by Gasteiger charge is -2.03. The fourth-order valence-electron chi connectivity index (χ4n) is 1.22. The van der Waals surface area contributed by atoms with Crippen molar-refractivity contribution >= 4 is 17.7 Å². The van der Waals surface area contributed by atoms with Gasteiger partial charge in [0.2, 0.25) is 5.91 Å². The van der Waals surface area contributed by atoms with Crippen molar-refractivity contribution in [3.63, 3.8) is 0 Å². The zero-order chi connectivity index (χ0) is 11.6. The summed E-state index contributed by atoms with van der Waals surface area (Å²) in [6.45, 7) is 2.77. The van der Waals surface area contributed by atoms with E-state index in [4.69, 9.17) is 0 Å². The molecule has 0 aliphatic rings. The normalized spacial score (nSPS) is 10.1. The molecule has 0 saturated carbocycles. The lowest BCUT2D eigenvalue weighted by atomic mass is 10.3. The fraction of sp³-hybridized carbons (Fsp3) is 0.500. The third-order valence-electron chi connectivity index (χ3n) is 2.01.